The van der Waals surface area contributed by atoms with Gasteiger partial charge in [-0.1, -0.05) is 0 Å². The first-order chi connectivity index (χ1) is 7.36. The van der Waals surface area contributed by atoms with Crippen molar-refractivity contribution in [1.29, 1.82) is 0 Å². The smallest absolute Gasteiger partial charge is 0.370 e. The van der Waals surface area contributed by atoms with Gasteiger partial charge in [0.05, 0.1) is 5.56 Å². The minimum Gasteiger partial charge on any atom is -0.370 e. The summed E-state index contributed by atoms with van der Waals surface area (Å²) in [5, 5.41) is 2.56. The molecule has 0 aromatic carbocycles. The van der Waals surface area contributed by atoms with Crippen molar-refractivity contribution in [2.75, 3.05) is 11.9 Å². The van der Waals surface area contributed by atoms with Gasteiger partial charge in [-0.2, -0.15) is 13.2 Å². The highest BCUT2D eigenvalue weighted by molar-refractivity contribution is 5.97. The van der Waals surface area contributed by atoms with E-state index in [-0.39, 0.29) is 11.4 Å². The first-order valence-electron chi connectivity index (χ1n) is 4.48. The van der Waals surface area contributed by atoms with Crippen LogP contribution < -0.4 is 11.1 Å². The molecular weight excluding hydrogens is 223 g/mol. The number of nitrogens with two attached hydrogens (primary N) is 1. The number of rotatable bonds is 3. The Hall–Kier alpha value is -1.79. The predicted octanol–water partition coefficient (Wildman–Crippen LogP) is 1.63. The van der Waals surface area contributed by atoms with Crippen molar-refractivity contribution in [3.8, 4) is 0 Å². The van der Waals surface area contributed by atoms with Crippen LogP contribution >= 0.6 is 0 Å². The third kappa shape index (κ3) is 2.62. The molecule has 0 spiro atoms. The number of aromatic nitrogens is 1. The molecule has 0 bridgehead atoms. The maximum atomic E-state index is 12.3. The Bertz CT molecular complexity index is 403. The van der Waals surface area contributed by atoms with Gasteiger partial charge in [0.25, 0.3) is 5.91 Å². The zero-order chi connectivity index (χ0) is 12.3. The van der Waals surface area contributed by atoms with Gasteiger partial charge in [-0.25, -0.2) is 4.98 Å². The normalized spacial score (nSPS) is 11.2. The standard InChI is InChI=1S/C9H10F3N3O/c1-2-14-8-5(7(13)16)3-4-6(15-8)9(10,11)12/h3-4H,2H2,1H3,(H2,13,16)(H,14,15). The van der Waals surface area contributed by atoms with Crippen LogP contribution in [0.5, 0.6) is 0 Å². The predicted molar refractivity (Wildman–Crippen MR) is 51.9 cm³/mol. The molecule has 0 radical (unpaired) electrons. The lowest BCUT2D eigenvalue weighted by Gasteiger charge is -2.11. The Balaban J connectivity index is 3.22. The number of hydrogen-bond acceptors (Lipinski definition) is 3. The van der Waals surface area contributed by atoms with Crippen molar-refractivity contribution in [1.82, 2.24) is 4.98 Å². The summed E-state index contributed by atoms with van der Waals surface area (Å²) >= 11 is 0. The summed E-state index contributed by atoms with van der Waals surface area (Å²) in [7, 11) is 0. The van der Waals surface area contributed by atoms with Crippen molar-refractivity contribution >= 4 is 11.7 Å². The summed E-state index contributed by atoms with van der Waals surface area (Å²) in [6.07, 6.45) is -4.54. The van der Waals surface area contributed by atoms with Crippen LogP contribution in [0.3, 0.4) is 0 Å². The van der Waals surface area contributed by atoms with Crippen molar-refractivity contribution in [2.24, 2.45) is 5.73 Å². The molecule has 0 unspecified atom stereocenters. The third-order valence-electron chi connectivity index (χ3n) is 1.80. The van der Waals surface area contributed by atoms with E-state index in [0.717, 1.165) is 12.1 Å². The fourth-order valence-corrected chi connectivity index (χ4v) is 1.12. The molecule has 1 amide bonds. The molecule has 0 saturated heterocycles. The molecule has 0 aliphatic rings. The van der Waals surface area contributed by atoms with Gasteiger partial charge in [0.15, 0.2) is 0 Å². The van der Waals surface area contributed by atoms with Gasteiger partial charge in [0.1, 0.15) is 11.5 Å². The molecule has 1 aromatic rings. The van der Waals surface area contributed by atoms with Crippen molar-refractivity contribution < 1.29 is 18.0 Å². The molecule has 7 heteroatoms. The van der Waals surface area contributed by atoms with Crippen LogP contribution in [0, 0.1) is 0 Å². The Kier molecular flexibility index (Phi) is 3.36. The monoisotopic (exact) mass is 233 g/mol. The molecule has 0 atom stereocenters. The number of nitrogens with one attached hydrogen (secondary N) is 1. The van der Waals surface area contributed by atoms with Crippen LogP contribution in [-0.4, -0.2) is 17.4 Å². The van der Waals surface area contributed by atoms with Crippen LogP contribution in [0.1, 0.15) is 23.0 Å². The van der Waals surface area contributed by atoms with Crippen molar-refractivity contribution in [2.45, 2.75) is 13.1 Å². The fraction of sp³-hybridized carbons (Fsp3) is 0.333. The second-order valence-corrected chi connectivity index (χ2v) is 2.98. The number of primary amides is 1. The van der Waals surface area contributed by atoms with Crippen LogP contribution in [0.15, 0.2) is 12.1 Å². The van der Waals surface area contributed by atoms with Gasteiger partial charge < -0.3 is 11.1 Å². The van der Waals surface area contributed by atoms with Gasteiger partial charge in [0, 0.05) is 6.54 Å². The summed E-state index contributed by atoms with van der Waals surface area (Å²) in [5.74, 6) is -0.970. The topological polar surface area (TPSA) is 68.0 Å². The molecule has 0 aliphatic carbocycles. The van der Waals surface area contributed by atoms with E-state index in [9.17, 15) is 18.0 Å². The van der Waals surface area contributed by atoms with E-state index < -0.39 is 17.8 Å². The molecule has 4 nitrogen and oxygen atoms in total. The van der Waals surface area contributed by atoms with Gasteiger partial charge in [-0.05, 0) is 19.1 Å². The number of anilines is 1. The molecule has 1 aromatic heterocycles. The summed E-state index contributed by atoms with van der Waals surface area (Å²) in [6.45, 7) is 2.02. The van der Waals surface area contributed by atoms with Gasteiger partial charge in [0.2, 0.25) is 0 Å². The molecular formula is C9H10F3N3O. The van der Waals surface area contributed by atoms with Crippen LogP contribution in [0.2, 0.25) is 0 Å². The van der Waals surface area contributed by atoms with Crippen LogP contribution in [0.4, 0.5) is 19.0 Å². The first kappa shape index (κ1) is 12.3. The van der Waals surface area contributed by atoms with E-state index in [4.69, 9.17) is 5.73 Å². The molecule has 0 aliphatic heterocycles. The molecule has 88 valence electrons. The zero-order valence-electron chi connectivity index (χ0n) is 8.43. The number of nitrogens with zero attached hydrogens (tertiary/aromatic N) is 1. The van der Waals surface area contributed by atoms with E-state index in [1.807, 2.05) is 0 Å². The maximum Gasteiger partial charge on any atom is 0.433 e. The Morgan fingerprint density at radius 3 is 2.56 bits per heavy atom. The van der Waals surface area contributed by atoms with E-state index in [0.29, 0.717) is 6.54 Å². The summed E-state index contributed by atoms with van der Waals surface area (Å²) in [6, 6.07) is 1.73. The Morgan fingerprint density at radius 1 is 1.50 bits per heavy atom. The van der Waals surface area contributed by atoms with E-state index in [1.54, 1.807) is 6.92 Å². The van der Waals surface area contributed by atoms with Crippen LogP contribution in [0.25, 0.3) is 0 Å². The number of hydrogen-bond donors (Lipinski definition) is 2. The molecule has 1 heterocycles. The average Bonchev–Trinajstić information content (AvgIpc) is 2.16. The Labute approximate surface area is 89.7 Å². The highest BCUT2D eigenvalue weighted by atomic mass is 19.4. The minimum absolute atomic E-state index is 0.0603. The van der Waals surface area contributed by atoms with Crippen molar-refractivity contribution in [3.63, 3.8) is 0 Å². The Morgan fingerprint density at radius 2 is 2.12 bits per heavy atom. The molecule has 3 N–H and O–H groups in total. The summed E-state index contributed by atoms with van der Waals surface area (Å²) < 4.78 is 37.0. The summed E-state index contributed by atoms with van der Waals surface area (Å²) in [4.78, 5) is 14.2. The van der Waals surface area contributed by atoms with E-state index in [2.05, 4.69) is 10.3 Å². The number of carbonyl (C=O) groups excluding carboxylic acids is 1. The van der Waals surface area contributed by atoms with Crippen molar-refractivity contribution in [3.05, 3.63) is 23.4 Å². The maximum absolute atomic E-state index is 12.3. The fourth-order valence-electron chi connectivity index (χ4n) is 1.12. The SMILES string of the molecule is CCNc1nc(C(F)(F)F)ccc1C(N)=O. The highest BCUT2D eigenvalue weighted by Gasteiger charge is 2.33. The second kappa shape index (κ2) is 4.38. The van der Waals surface area contributed by atoms with Gasteiger partial charge in [-0.3, -0.25) is 4.79 Å². The van der Waals surface area contributed by atoms with E-state index >= 15 is 0 Å². The number of alkyl halides is 3. The quantitative estimate of drug-likeness (QED) is 0.833. The third-order valence-corrected chi connectivity index (χ3v) is 1.80. The number of carbonyl (C=O) groups is 1. The highest BCUT2D eigenvalue weighted by Crippen LogP contribution is 2.29. The summed E-state index contributed by atoms with van der Waals surface area (Å²) in [5.41, 5.74) is 3.88. The molecule has 0 saturated carbocycles. The number of halogens is 3. The second-order valence-electron chi connectivity index (χ2n) is 2.98. The average molecular weight is 233 g/mol. The van der Waals surface area contributed by atoms with E-state index in [1.165, 1.54) is 0 Å². The lowest BCUT2D eigenvalue weighted by molar-refractivity contribution is -0.141. The number of pyridine rings is 1. The minimum atomic E-state index is -4.54. The van der Waals surface area contributed by atoms with Crippen LogP contribution in [-0.2, 0) is 6.18 Å². The lowest BCUT2D eigenvalue weighted by Crippen LogP contribution is -2.18. The van der Waals surface area contributed by atoms with Gasteiger partial charge in [-0.15, -0.1) is 0 Å². The molecule has 16 heavy (non-hydrogen) atoms. The molecule has 0 fully saturated rings. The first-order valence-corrected chi connectivity index (χ1v) is 4.48. The number of amides is 1. The van der Waals surface area contributed by atoms with Gasteiger partial charge >= 0.3 is 6.18 Å². The largest absolute Gasteiger partial charge is 0.433 e. The zero-order valence-corrected chi connectivity index (χ0v) is 8.43. The lowest BCUT2D eigenvalue weighted by atomic mass is 10.2. The molecule has 1 rings (SSSR count).